The van der Waals surface area contributed by atoms with Gasteiger partial charge in [-0.1, -0.05) is 0 Å². The Morgan fingerprint density at radius 3 is 2.23 bits per heavy atom. The summed E-state index contributed by atoms with van der Waals surface area (Å²) in [7, 11) is 0. The van der Waals surface area contributed by atoms with Gasteiger partial charge < -0.3 is 4.90 Å². The van der Waals surface area contributed by atoms with E-state index >= 15 is 0 Å². The second kappa shape index (κ2) is 5.06. The van der Waals surface area contributed by atoms with Gasteiger partial charge in [0.1, 0.15) is 0 Å². The SMILES string of the molecule is CC(=O)N(CC(C)Cl)C(C)(C)CCl. The number of alkyl halides is 2. The minimum atomic E-state index is -0.323. The lowest BCUT2D eigenvalue weighted by Crippen LogP contribution is -2.50. The topological polar surface area (TPSA) is 20.3 Å². The van der Waals surface area contributed by atoms with E-state index in [1.807, 2.05) is 20.8 Å². The standard InChI is InChI=1S/C9H17Cl2NO/c1-7(11)5-12(8(2)13)9(3,4)6-10/h7H,5-6H2,1-4H3. The fraction of sp³-hybridized carbons (Fsp3) is 0.889. The first kappa shape index (κ1) is 13.1. The molecule has 78 valence electrons. The van der Waals surface area contributed by atoms with Gasteiger partial charge in [-0.15, -0.1) is 23.2 Å². The van der Waals surface area contributed by atoms with Gasteiger partial charge in [0, 0.05) is 24.7 Å². The molecule has 0 aliphatic heterocycles. The number of hydrogen-bond donors (Lipinski definition) is 0. The van der Waals surface area contributed by atoms with Crippen LogP contribution in [0.1, 0.15) is 27.7 Å². The molecule has 0 saturated heterocycles. The van der Waals surface area contributed by atoms with Crippen LogP contribution in [-0.4, -0.2) is 34.1 Å². The molecule has 0 heterocycles. The van der Waals surface area contributed by atoms with Gasteiger partial charge in [-0.3, -0.25) is 4.79 Å². The van der Waals surface area contributed by atoms with Crippen LogP contribution in [0.25, 0.3) is 0 Å². The minimum Gasteiger partial charge on any atom is -0.335 e. The Labute approximate surface area is 90.2 Å². The fourth-order valence-electron chi connectivity index (χ4n) is 1.13. The Balaban J connectivity index is 4.51. The zero-order valence-corrected chi connectivity index (χ0v) is 10.1. The summed E-state index contributed by atoms with van der Waals surface area (Å²) in [6, 6.07) is 0. The van der Waals surface area contributed by atoms with Crippen LogP contribution >= 0.6 is 23.2 Å². The average molecular weight is 226 g/mol. The van der Waals surface area contributed by atoms with E-state index in [1.54, 1.807) is 4.90 Å². The van der Waals surface area contributed by atoms with Crippen molar-refractivity contribution < 1.29 is 4.79 Å². The summed E-state index contributed by atoms with van der Waals surface area (Å²) in [5, 5.41) is -0.0496. The molecule has 0 rings (SSSR count). The van der Waals surface area contributed by atoms with Crippen LogP contribution in [0, 0.1) is 0 Å². The summed E-state index contributed by atoms with van der Waals surface area (Å²) in [4.78, 5) is 13.0. The van der Waals surface area contributed by atoms with Gasteiger partial charge in [-0.25, -0.2) is 0 Å². The van der Waals surface area contributed by atoms with Crippen molar-refractivity contribution in [3.05, 3.63) is 0 Å². The van der Waals surface area contributed by atoms with Gasteiger partial charge in [-0.2, -0.15) is 0 Å². The molecule has 0 fully saturated rings. The van der Waals surface area contributed by atoms with Gasteiger partial charge in [0.2, 0.25) is 5.91 Å². The third kappa shape index (κ3) is 4.19. The maximum absolute atomic E-state index is 11.3. The van der Waals surface area contributed by atoms with E-state index in [0.29, 0.717) is 12.4 Å². The van der Waals surface area contributed by atoms with Crippen molar-refractivity contribution in [3.63, 3.8) is 0 Å². The molecule has 0 aliphatic rings. The summed E-state index contributed by atoms with van der Waals surface area (Å²) in [6.07, 6.45) is 0. The highest BCUT2D eigenvalue weighted by Crippen LogP contribution is 2.17. The molecule has 1 unspecified atom stereocenters. The van der Waals surface area contributed by atoms with E-state index in [0.717, 1.165) is 0 Å². The Morgan fingerprint density at radius 1 is 1.54 bits per heavy atom. The predicted octanol–water partition coefficient (Wildman–Crippen LogP) is 2.48. The molecule has 0 spiro atoms. The number of carbonyl (C=O) groups excluding carboxylic acids is 1. The fourth-order valence-corrected chi connectivity index (χ4v) is 1.41. The van der Waals surface area contributed by atoms with E-state index in [1.165, 1.54) is 6.92 Å². The van der Waals surface area contributed by atoms with Crippen molar-refractivity contribution in [1.29, 1.82) is 0 Å². The number of carbonyl (C=O) groups is 1. The number of hydrogen-bond acceptors (Lipinski definition) is 1. The van der Waals surface area contributed by atoms with E-state index in [9.17, 15) is 4.79 Å². The molecule has 0 bridgehead atoms. The Kier molecular flexibility index (Phi) is 5.08. The van der Waals surface area contributed by atoms with E-state index < -0.39 is 0 Å². The van der Waals surface area contributed by atoms with Crippen molar-refractivity contribution in [3.8, 4) is 0 Å². The quantitative estimate of drug-likeness (QED) is 0.674. The van der Waals surface area contributed by atoms with E-state index in [-0.39, 0.29) is 16.8 Å². The summed E-state index contributed by atoms with van der Waals surface area (Å²) in [6.45, 7) is 7.80. The predicted molar refractivity (Wildman–Crippen MR) is 57.5 cm³/mol. The lowest BCUT2D eigenvalue weighted by atomic mass is 10.1. The Bertz CT molecular complexity index is 180. The highest BCUT2D eigenvalue weighted by atomic mass is 35.5. The lowest BCUT2D eigenvalue weighted by Gasteiger charge is -2.37. The molecule has 0 N–H and O–H groups in total. The number of amides is 1. The minimum absolute atomic E-state index is 0.0122. The molecule has 1 atom stereocenters. The molecular weight excluding hydrogens is 209 g/mol. The van der Waals surface area contributed by atoms with Gasteiger partial charge >= 0.3 is 0 Å². The second-order valence-corrected chi connectivity index (χ2v) is 4.87. The van der Waals surface area contributed by atoms with E-state index in [2.05, 4.69) is 0 Å². The first-order valence-electron chi connectivity index (χ1n) is 4.29. The van der Waals surface area contributed by atoms with Gasteiger partial charge in [0.25, 0.3) is 0 Å². The van der Waals surface area contributed by atoms with Gasteiger partial charge in [0.05, 0.1) is 5.54 Å². The normalized spacial score (nSPS) is 14.0. The number of nitrogens with zero attached hydrogens (tertiary/aromatic N) is 1. The van der Waals surface area contributed by atoms with Crippen LogP contribution in [0.2, 0.25) is 0 Å². The first-order valence-corrected chi connectivity index (χ1v) is 5.26. The highest BCUT2D eigenvalue weighted by Gasteiger charge is 2.28. The summed E-state index contributed by atoms with van der Waals surface area (Å²) >= 11 is 11.6. The average Bonchev–Trinajstić information content (AvgIpc) is 1.99. The summed E-state index contributed by atoms with van der Waals surface area (Å²) in [5.41, 5.74) is -0.323. The lowest BCUT2D eigenvalue weighted by molar-refractivity contribution is -0.133. The number of halogens is 2. The first-order chi connectivity index (χ1) is 5.81. The maximum atomic E-state index is 11.3. The second-order valence-electron chi connectivity index (χ2n) is 3.86. The van der Waals surface area contributed by atoms with Gasteiger partial charge in [-0.05, 0) is 20.8 Å². The van der Waals surface area contributed by atoms with Crippen LogP contribution in [0.5, 0.6) is 0 Å². The molecular formula is C9H17Cl2NO. The van der Waals surface area contributed by atoms with E-state index in [4.69, 9.17) is 23.2 Å². The number of rotatable bonds is 4. The van der Waals surface area contributed by atoms with Gasteiger partial charge in [0.15, 0.2) is 0 Å². The van der Waals surface area contributed by atoms with Crippen molar-refractivity contribution in [2.24, 2.45) is 0 Å². The molecule has 4 heteroatoms. The molecule has 13 heavy (non-hydrogen) atoms. The van der Waals surface area contributed by atoms with Crippen molar-refractivity contribution in [2.75, 3.05) is 12.4 Å². The largest absolute Gasteiger partial charge is 0.335 e. The third-order valence-electron chi connectivity index (χ3n) is 1.87. The third-order valence-corrected chi connectivity index (χ3v) is 2.66. The molecule has 1 amide bonds. The monoisotopic (exact) mass is 225 g/mol. The van der Waals surface area contributed by atoms with Crippen molar-refractivity contribution >= 4 is 29.1 Å². The molecule has 0 aromatic carbocycles. The van der Waals surface area contributed by atoms with Crippen molar-refractivity contribution in [2.45, 2.75) is 38.6 Å². The molecule has 0 aromatic heterocycles. The maximum Gasteiger partial charge on any atom is 0.219 e. The Morgan fingerprint density at radius 2 is 2.00 bits per heavy atom. The van der Waals surface area contributed by atoms with Crippen LogP contribution < -0.4 is 0 Å². The molecule has 0 aliphatic carbocycles. The smallest absolute Gasteiger partial charge is 0.219 e. The van der Waals surface area contributed by atoms with Crippen LogP contribution in [0.15, 0.2) is 0 Å². The Hall–Kier alpha value is 0.0500. The van der Waals surface area contributed by atoms with Crippen LogP contribution in [0.4, 0.5) is 0 Å². The van der Waals surface area contributed by atoms with Crippen LogP contribution in [-0.2, 0) is 4.79 Å². The molecule has 0 radical (unpaired) electrons. The van der Waals surface area contributed by atoms with Crippen molar-refractivity contribution in [1.82, 2.24) is 4.90 Å². The molecule has 0 saturated carbocycles. The molecule has 0 aromatic rings. The highest BCUT2D eigenvalue weighted by molar-refractivity contribution is 6.20. The zero-order chi connectivity index (χ0) is 10.6. The molecule has 2 nitrogen and oxygen atoms in total. The summed E-state index contributed by atoms with van der Waals surface area (Å²) < 4.78 is 0. The summed E-state index contributed by atoms with van der Waals surface area (Å²) in [5.74, 6) is 0.425. The van der Waals surface area contributed by atoms with Crippen LogP contribution in [0.3, 0.4) is 0 Å². The zero-order valence-electron chi connectivity index (χ0n) is 8.60.